The number of allylic oxidation sites excluding steroid dienone is 2. The molecule has 84 valence electrons. The Bertz CT molecular complexity index is 287. The summed E-state index contributed by atoms with van der Waals surface area (Å²) in [4.78, 5) is 13.8. The molecule has 1 saturated heterocycles. The molecule has 0 aromatic rings. The zero-order chi connectivity index (χ0) is 11.0. The summed E-state index contributed by atoms with van der Waals surface area (Å²) in [5.41, 5.74) is 0. The smallest absolute Gasteiger partial charge is 0.228 e. The molecule has 1 heterocycles. The summed E-state index contributed by atoms with van der Waals surface area (Å²) in [6.07, 6.45) is 5.29. The van der Waals surface area contributed by atoms with Crippen molar-refractivity contribution in [1.29, 1.82) is 0 Å². The largest absolute Gasteiger partial charge is 0.358 e. The van der Waals surface area contributed by atoms with Crippen molar-refractivity contribution in [3.63, 3.8) is 0 Å². The number of nitrogens with zero attached hydrogens (tertiary/aromatic N) is 1. The number of amides is 1. The van der Waals surface area contributed by atoms with Gasteiger partial charge in [0.2, 0.25) is 5.91 Å². The highest BCUT2D eigenvalue weighted by atomic mass is 16.5. The Balaban J connectivity index is 2.23. The minimum absolute atomic E-state index is 0.0140. The van der Waals surface area contributed by atoms with Crippen LogP contribution in [0, 0.1) is 17.8 Å². The third kappa shape index (κ3) is 1.59. The second-order valence-electron chi connectivity index (χ2n) is 4.51. The van der Waals surface area contributed by atoms with Crippen molar-refractivity contribution in [2.45, 2.75) is 26.5 Å². The fraction of sp³-hybridized carbons (Fsp3) is 0.750. The Morgan fingerprint density at radius 2 is 2.33 bits per heavy atom. The van der Waals surface area contributed by atoms with Gasteiger partial charge < -0.3 is 9.64 Å². The fourth-order valence-electron chi connectivity index (χ4n) is 2.86. The zero-order valence-corrected chi connectivity index (χ0v) is 9.64. The number of carbonyl (C=O) groups excluding carboxylic acids is 1. The number of rotatable bonds is 2. The number of ether oxygens (including phenoxy) is 1. The van der Waals surface area contributed by atoms with E-state index in [0.29, 0.717) is 18.4 Å². The Hall–Kier alpha value is -0.830. The van der Waals surface area contributed by atoms with Crippen molar-refractivity contribution in [2.24, 2.45) is 17.8 Å². The van der Waals surface area contributed by atoms with Gasteiger partial charge in [0.1, 0.15) is 6.23 Å². The van der Waals surface area contributed by atoms with Crippen molar-refractivity contribution >= 4 is 5.91 Å². The molecular weight excluding hydrogens is 190 g/mol. The van der Waals surface area contributed by atoms with Crippen molar-refractivity contribution in [2.75, 3.05) is 13.7 Å². The van der Waals surface area contributed by atoms with E-state index in [1.165, 1.54) is 0 Å². The minimum atomic E-state index is -0.0140. The van der Waals surface area contributed by atoms with E-state index < -0.39 is 0 Å². The molecular formula is C12H19NO2. The van der Waals surface area contributed by atoms with Crippen LogP contribution in [0.5, 0.6) is 0 Å². The van der Waals surface area contributed by atoms with E-state index in [0.717, 1.165) is 6.42 Å². The van der Waals surface area contributed by atoms with Crippen molar-refractivity contribution in [1.82, 2.24) is 4.90 Å². The van der Waals surface area contributed by atoms with E-state index >= 15 is 0 Å². The van der Waals surface area contributed by atoms with E-state index in [1.807, 2.05) is 14.0 Å². The first-order valence-electron chi connectivity index (χ1n) is 5.71. The van der Waals surface area contributed by atoms with Crippen LogP contribution in [0.2, 0.25) is 0 Å². The molecule has 0 aromatic carbocycles. The van der Waals surface area contributed by atoms with Gasteiger partial charge in [-0.15, -0.1) is 0 Å². The van der Waals surface area contributed by atoms with E-state index in [2.05, 4.69) is 19.1 Å². The molecule has 1 amide bonds. The number of carbonyl (C=O) groups is 1. The van der Waals surface area contributed by atoms with Gasteiger partial charge >= 0.3 is 0 Å². The Morgan fingerprint density at radius 1 is 1.60 bits per heavy atom. The molecule has 1 aliphatic carbocycles. The van der Waals surface area contributed by atoms with E-state index in [-0.39, 0.29) is 18.1 Å². The van der Waals surface area contributed by atoms with Crippen LogP contribution in [0.15, 0.2) is 12.2 Å². The van der Waals surface area contributed by atoms with Crippen molar-refractivity contribution < 1.29 is 9.53 Å². The first-order valence-corrected chi connectivity index (χ1v) is 5.71. The third-order valence-corrected chi connectivity index (χ3v) is 3.59. The monoisotopic (exact) mass is 209 g/mol. The average molecular weight is 209 g/mol. The van der Waals surface area contributed by atoms with Crippen LogP contribution in [0.1, 0.15) is 20.3 Å². The predicted octanol–water partition coefficient (Wildman–Crippen LogP) is 1.65. The molecule has 2 rings (SSSR count). The maximum Gasteiger partial charge on any atom is 0.228 e. The first-order chi connectivity index (χ1) is 7.16. The van der Waals surface area contributed by atoms with Gasteiger partial charge in [-0.25, -0.2) is 0 Å². The molecule has 0 saturated carbocycles. The van der Waals surface area contributed by atoms with Crippen LogP contribution < -0.4 is 0 Å². The summed E-state index contributed by atoms with van der Waals surface area (Å²) < 4.78 is 5.67. The third-order valence-electron chi connectivity index (χ3n) is 3.59. The molecule has 0 N–H and O–H groups in total. The normalized spacial score (nSPS) is 39.7. The predicted molar refractivity (Wildman–Crippen MR) is 58.1 cm³/mol. The molecule has 0 unspecified atom stereocenters. The Morgan fingerprint density at radius 3 is 3.00 bits per heavy atom. The highest BCUT2D eigenvalue weighted by Crippen LogP contribution is 2.41. The molecule has 0 aromatic heterocycles. The Kier molecular flexibility index (Phi) is 2.83. The summed E-state index contributed by atoms with van der Waals surface area (Å²) in [5.74, 6) is 1.08. The van der Waals surface area contributed by atoms with E-state index in [9.17, 15) is 4.79 Å². The average Bonchev–Trinajstić information content (AvgIpc) is 2.45. The Labute approximate surface area is 91.1 Å². The second kappa shape index (κ2) is 3.97. The summed E-state index contributed by atoms with van der Waals surface area (Å²) in [6, 6.07) is 0. The number of likely N-dealkylation sites (tertiary alicyclic amines) is 1. The molecule has 3 nitrogen and oxygen atoms in total. The first kappa shape index (κ1) is 10.7. The van der Waals surface area contributed by atoms with Crippen LogP contribution in [0.3, 0.4) is 0 Å². The zero-order valence-electron chi connectivity index (χ0n) is 9.64. The molecule has 0 radical (unpaired) electrons. The SMILES string of the molecule is CCO[C@H]1[C@H]2CC=C[C@@H](C)[C@H]2C(=O)N1C. The van der Waals surface area contributed by atoms with Crippen LogP contribution in [-0.4, -0.2) is 30.7 Å². The quantitative estimate of drug-likeness (QED) is 0.647. The molecule has 2 aliphatic rings. The summed E-state index contributed by atoms with van der Waals surface area (Å²) in [5, 5.41) is 0. The van der Waals surface area contributed by atoms with Gasteiger partial charge in [-0.2, -0.15) is 0 Å². The van der Waals surface area contributed by atoms with Crippen LogP contribution in [0.4, 0.5) is 0 Å². The lowest BCUT2D eigenvalue weighted by atomic mass is 9.78. The van der Waals surface area contributed by atoms with Gasteiger partial charge in [0.05, 0.1) is 5.92 Å². The minimum Gasteiger partial charge on any atom is -0.358 e. The summed E-state index contributed by atoms with van der Waals surface area (Å²) >= 11 is 0. The van der Waals surface area contributed by atoms with Gasteiger partial charge in [0, 0.05) is 19.6 Å². The van der Waals surface area contributed by atoms with Gasteiger partial charge in [-0.05, 0) is 19.3 Å². The molecule has 0 bridgehead atoms. The molecule has 3 heteroatoms. The van der Waals surface area contributed by atoms with Gasteiger partial charge in [-0.3, -0.25) is 4.79 Å². The molecule has 1 fully saturated rings. The highest BCUT2D eigenvalue weighted by molar-refractivity contribution is 5.82. The van der Waals surface area contributed by atoms with Gasteiger partial charge in [0.25, 0.3) is 0 Å². The molecule has 15 heavy (non-hydrogen) atoms. The summed E-state index contributed by atoms with van der Waals surface area (Å²) in [7, 11) is 1.85. The van der Waals surface area contributed by atoms with Gasteiger partial charge in [0.15, 0.2) is 0 Å². The van der Waals surface area contributed by atoms with Crippen LogP contribution in [0.25, 0.3) is 0 Å². The molecule has 4 atom stereocenters. The lowest BCUT2D eigenvalue weighted by molar-refractivity contribution is -0.136. The van der Waals surface area contributed by atoms with Crippen LogP contribution in [-0.2, 0) is 9.53 Å². The van der Waals surface area contributed by atoms with Crippen molar-refractivity contribution in [3.05, 3.63) is 12.2 Å². The maximum atomic E-state index is 12.0. The summed E-state index contributed by atoms with van der Waals surface area (Å²) in [6.45, 7) is 4.77. The number of hydrogen-bond acceptors (Lipinski definition) is 2. The molecule has 0 spiro atoms. The second-order valence-corrected chi connectivity index (χ2v) is 4.51. The van der Waals surface area contributed by atoms with E-state index in [1.54, 1.807) is 4.90 Å². The highest BCUT2D eigenvalue weighted by Gasteiger charge is 2.49. The van der Waals surface area contributed by atoms with E-state index in [4.69, 9.17) is 4.74 Å². The lowest BCUT2D eigenvalue weighted by Gasteiger charge is -2.28. The van der Waals surface area contributed by atoms with Crippen LogP contribution >= 0.6 is 0 Å². The maximum absolute atomic E-state index is 12.0. The topological polar surface area (TPSA) is 29.5 Å². The number of fused-ring (bicyclic) bond motifs is 1. The van der Waals surface area contributed by atoms with Gasteiger partial charge in [-0.1, -0.05) is 19.1 Å². The molecule has 1 aliphatic heterocycles. The van der Waals surface area contributed by atoms with Crippen molar-refractivity contribution in [3.8, 4) is 0 Å². The fourth-order valence-corrected chi connectivity index (χ4v) is 2.86. The lowest BCUT2D eigenvalue weighted by Crippen LogP contribution is -2.34. The standard InChI is InChI=1S/C12H19NO2/c1-4-15-12-9-7-5-6-8(2)10(9)11(14)13(12)3/h5-6,8-10,12H,4,7H2,1-3H3/t8-,9+,10-,12+/m1/s1. The number of hydrogen-bond donors (Lipinski definition) is 0.